The Morgan fingerprint density at radius 1 is 1.12 bits per heavy atom. The second-order valence-electron chi connectivity index (χ2n) is 5.36. The monoisotopic (exact) mass is 323 g/mol. The molecular weight excluding hydrogens is 305 g/mol. The SMILES string of the molecule is CCN(c1cccc(C)c1)c1nncc(Nc2ccc(F)cc2)n1. The van der Waals surface area contributed by atoms with Crippen LogP contribution in [-0.4, -0.2) is 21.7 Å². The maximum Gasteiger partial charge on any atom is 0.251 e. The molecule has 0 spiro atoms. The Kier molecular flexibility index (Phi) is 4.65. The Bertz CT molecular complexity index is 820. The van der Waals surface area contributed by atoms with Crippen molar-refractivity contribution in [1.82, 2.24) is 15.2 Å². The topological polar surface area (TPSA) is 53.9 Å². The molecule has 0 unspecified atom stereocenters. The first-order valence-electron chi connectivity index (χ1n) is 7.72. The molecule has 6 heteroatoms. The smallest absolute Gasteiger partial charge is 0.251 e. The van der Waals surface area contributed by atoms with E-state index in [1.807, 2.05) is 36.9 Å². The number of benzene rings is 2. The molecule has 3 rings (SSSR count). The third-order valence-electron chi connectivity index (χ3n) is 3.54. The number of halogens is 1. The van der Waals surface area contributed by atoms with E-state index in [-0.39, 0.29) is 5.82 Å². The molecule has 0 fully saturated rings. The van der Waals surface area contributed by atoms with Crippen LogP contribution in [0.15, 0.2) is 54.7 Å². The first-order chi connectivity index (χ1) is 11.7. The quantitative estimate of drug-likeness (QED) is 0.762. The van der Waals surface area contributed by atoms with Gasteiger partial charge in [-0.15, -0.1) is 5.10 Å². The fraction of sp³-hybridized carbons (Fsp3) is 0.167. The molecule has 1 heterocycles. The molecule has 122 valence electrons. The van der Waals surface area contributed by atoms with Crippen molar-refractivity contribution in [2.75, 3.05) is 16.8 Å². The van der Waals surface area contributed by atoms with Gasteiger partial charge in [0.15, 0.2) is 5.82 Å². The number of nitrogens with zero attached hydrogens (tertiary/aromatic N) is 4. The molecular formula is C18H18FN5. The van der Waals surface area contributed by atoms with Gasteiger partial charge in [-0.05, 0) is 55.8 Å². The van der Waals surface area contributed by atoms with Gasteiger partial charge < -0.3 is 10.2 Å². The third-order valence-corrected chi connectivity index (χ3v) is 3.54. The predicted octanol–water partition coefficient (Wildman–Crippen LogP) is 4.22. The molecule has 24 heavy (non-hydrogen) atoms. The number of anilines is 4. The van der Waals surface area contributed by atoms with Crippen molar-refractivity contribution in [2.45, 2.75) is 13.8 Å². The average molecular weight is 323 g/mol. The predicted molar refractivity (Wildman–Crippen MR) is 93.4 cm³/mol. The van der Waals surface area contributed by atoms with Crippen LogP contribution in [0.2, 0.25) is 0 Å². The van der Waals surface area contributed by atoms with E-state index in [1.54, 1.807) is 12.1 Å². The van der Waals surface area contributed by atoms with Crippen LogP contribution < -0.4 is 10.2 Å². The van der Waals surface area contributed by atoms with Gasteiger partial charge in [-0.1, -0.05) is 12.1 Å². The average Bonchev–Trinajstić information content (AvgIpc) is 2.58. The fourth-order valence-electron chi connectivity index (χ4n) is 2.39. The molecule has 0 amide bonds. The van der Waals surface area contributed by atoms with E-state index in [2.05, 4.69) is 26.6 Å². The van der Waals surface area contributed by atoms with Crippen molar-refractivity contribution in [3.63, 3.8) is 0 Å². The summed E-state index contributed by atoms with van der Waals surface area (Å²) in [7, 11) is 0. The molecule has 1 aromatic heterocycles. The minimum absolute atomic E-state index is 0.279. The van der Waals surface area contributed by atoms with Crippen LogP contribution in [0.4, 0.5) is 27.5 Å². The molecule has 0 aliphatic rings. The Morgan fingerprint density at radius 2 is 1.92 bits per heavy atom. The van der Waals surface area contributed by atoms with Gasteiger partial charge in [0.05, 0.1) is 6.20 Å². The molecule has 5 nitrogen and oxygen atoms in total. The molecule has 0 atom stereocenters. The zero-order valence-corrected chi connectivity index (χ0v) is 13.6. The number of rotatable bonds is 5. The van der Waals surface area contributed by atoms with Gasteiger partial charge in [0, 0.05) is 17.9 Å². The van der Waals surface area contributed by atoms with Crippen molar-refractivity contribution in [3.8, 4) is 0 Å². The molecule has 0 radical (unpaired) electrons. The van der Waals surface area contributed by atoms with E-state index in [0.717, 1.165) is 11.4 Å². The van der Waals surface area contributed by atoms with E-state index < -0.39 is 0 Å². The lowest BCUT2D eigenvalue weighted by atomic mass is 10.2. The van der Waals surface area contributed by atoms with Gasteiger partial charge in [0.1, 0.15) is 5.82 Å². The summed E-state index contributed by atoms with van der Waals surface area (Å²) in [5.41, 5.74) is 2.92. The summed E-state index contributed by atoms with van der Waals surface area (Å²) in [5.74, 6) is 0.784. The van der Waals surface area contributed by atoms with Gasteiger partial charge >= 0.3 is 0 Å². The highest BCUT2D eigenvalue weighted by molar-refractivity contribution is 5.61. The number of hydrogen-bond acceptors (Lipinski definition) is 5. The van der Waals surface area contributed by atoms with Gasteiger partial charge in [0.2, 0.25) is 0 Å². The molecule has 0 saturated carbocycles. The first kappa shape index (κ1) is 15.9. The van der Waals surface area contributed by atoms with Crippen molar-refractivity contribution in [3.05, 3.63) is 66.1 Å². The maximum atomic E-state index is 13.0. The van der Waals surface area contributed by atoms with Crippen molar-refractivity contribution in [1.29, 1.82) is 0 Å². The second-order valence-corrected chi connectivity index (χ2v) is 5.36. The summed E-state index contributed by atoms with van der Waals surface area (Å²) in [6.07, 6.45) is 1.54. The number of hydrogen-bond donors (Lipinski definition) is 1. The van der Waals surface area contributed by atoms with Crippen LogP contribution in [0.5, 0.6) is 0 Å². The van der Waals surface area contributed by atoms with Gasteiger partial charge in [-0.2, -0.15) is 10.1 Å². The maximum absolute atomic E-state index is 13.0. The Balaban J connectivity index is 1.87. The van der Waals surface area contributed by atoms with Crippen LogP contribution in [0.1, 0.15) is 12.5 Å². The molecule has 0 aliphatic heterocycles. The number of aromatic nitrogens is 3. The normalized spacial score (nSPS) is 10.5. The zero-order chi connectivity index (χ0) is 16.9. The van der Waals surface area contributed by atoms with Gasteiger partial charge in [0.25, 0.3) is 5.95 Å². The van der Waals surface area contributed by atoms with Crippen LogP contribution >= 0.6 is 0 Å². The fourth-order valence-corrected chi connectivity index (χ4v) is 2.39. The number of aryl methyl sites for hydroxylation is 1. The Morgan fingerprint density at radius 3 is 2.62 bits per heavy atom. The molecule has 0 aliphatic carbocycles. The Hall–Kier alpha value is -3.02. The van der Waals surface area contributed by atoms with Crippen molar-refractivity contribution < 1.29 is 4.39 Å². The largest absolute Gasteiger partial charge is 0.339 e. The van der Waals surface area contributed by atoms with Crippen LogP contribution in [0.3, 0.4) is 0 Å². The zero-order valence-electron chi connectivity index (χ0n) is 13.6. The molecule has 1 N–H and O–H groups in total. The standard InChI is InChI=1S/C18H18FN5/c1-3-24(16-6-4-5-13(2)11-16)18-22-17(12-20-23-18)21-15-9-7-14(19)8-10-15/h4-12H,3H2,1-2H3,(H,21,22,23). The summed E-state index contributed by atoms with van der Waals surface area (Å²) in [6.45, 7) is 4.79. The minimum atomic E-state index is -0.279. The summed E-state index contributed by atoms with van der Waals surface area (Å²) >= 11 is 0. The highest BCUT2D eigenvalue weighted by Crippen LogP contribution is 2.23. The molecule has 2 aromatic carbocycles. The second kappa shape index (κ2) is 7.04. The first-order valence-corrected chi connectivity index (χ1v) is 7.72. The minimum Gasteiger partial charge on any atom is -0.339 e. The van der Waals surface area contributed by atoms with E-state index in [0.29, 0.717) is 18.3 Å². The van der Waals surface area contributed by atoms with Crippen LogP contribution in [-0.2, 0) is 0 Å². The van der Waals surface area contributed by atoms with Crippen molar-refractivity contribution in [2.24, 2.45) is 0 Å². The lowest BCUT2D eigenvalue weighted by Crippen LogP contribution is -2.19. The van der Waals surface area contributed by atoms with E-state index in [1.165, 1.54) is 23.9 Å². The van der Waals surface area contributed by atoms with E-state index in [9.17, 15) is 4.39 Å². The lowest BCUT2D eigenvalue weighted by molar-refractivity contribution is 0.628. The molecule has 0 saturated heterocycles. The van der Waals surface area contributed by atoms with Crippen molar-refractivity contribution >= 4 is 23.1 Å². The van der Waals surface area contributed by atoms with Gasteiger partial charge in [-0.25, -0.2) is 4.39 Å². The Labute approximate surface area is 140 Å². The summed E-state index contributed by atoms with van der Waals surface area (Å²) < 4.78 is 13.0. The van der Waals surface area contributed by atoms with Crippen LogP contribution in [0, 0.1) is 12.7 Å². The third kappa shape index (κ3) is 3.65. The highest BCUT2D eigenvalue weighted by Gasteiger charge is 2.12. The summed E-state index contributed by atoms with van der Waals surface area (Å²) in [6, 6.07) is 14.2. The highest BCUT2D eigenvalue weighted by atomic mass is 19.1. The molecule has 3 aromatic rings. The van der Waals surface area contributed by atoms with E-state index in [4.69, 9.17) is 0 Å². The molecule has 0 bridgehead atoms. The van der Waals surface area contributed by atoms with Crippen LogP contribution in [0.25, 0.3) is 0 Å². The lowest BCUT2D eigenvalue weighted by Gasteiger charge is -2.21. The summed E-state index contributed by atoms with van der Waals surface area (Å²) in [4.78, 5) is 6.50. The summed E-state index contributed by atoms with van der Waals surface area (Å²) in [5, 5.41) is 11.3. The number of nitrogens with one attached hydrogen (secondary N) is 1. The van der Waals surface area contributed by atoms with Gasteiger partial charge in [-0.3, -0.25) is 0 Å². The van der Waals surface area contributed by atoms with E-state index >= 15 is 0 Å².